The van der Waals surface area contributed by atoms with E-state index in [0.29, 0.717) is 12.0 Å². The van der Waals surface area contributed by atoms with E-state index in [-0.39, 0.29) is 0 Å². The predicted molar refractivity (Wildman–Crippen MR) is 74.2 cm³/mol. The molecule has 1 aromatic rings. The van der Waals surface area contributed by atoms with E-state index >= 15 is 0 Å². The Kier molecular flexibility index (Phi) is 4.14. The smallest absolute Gasteiger partial charge is 0.411 e. The van der Waals surface area contributed by atoms with Crippen molar-refractivity contribution in [2.24, 2.45) is 5.92 Å². The molecule has 1 heterocycles. The highest BCUT2D eigenvalue weighted by Gasteiger charge is 2.26. The molecule has 0 unspecified atom stereocenters. The van der Waals surface area contributed by atoms with Crippen molar-refractivity contribution in [2.75, 3.05) is 19.0 Å². The summed E-state index contributed by atoms with van der Waals surface area (Å²) in [6.07, 6.45) is 0.701. The molecule has 0 spiro atoms. The Morgan fingerprint density at radius 1 is 1.56 bits per heavy atom. The third-order valence-electron chi connectivity index (χ3n) is 3.33. The molecular weight excluding hydrogens is 248 g/mol. The number of hydrogen-bond donors (Lipinski definition) is 3. The number of thiol groups is 1. The van der Waals surface area contributed by atoms with E-state index in [9.17, 15) is 4.79 Å². The molecule has 0 bridgehead atoms. The lowest BCUT2D eigenvalue weighted by atomic mass is 9.95. The quantitative estimate of drug-likeness (QED) is 0.721. The minimum absolute atomic E-state index is 0.303. The lowest BCUT2D eigenvalue weighted by Gasteiger charge is -2.19. The van der Waals surface area contributed by atoms with Gasteiger partial charge in [0.05, 0.1) is 7.11 Å². The second-order valence-electron chi connectivity index (χ2n) is 4.59. The Hall–Kier alpha value is -1.20. The summed E-state index contributed by atoms with van der Waals surface area (Å²) < 4.78 is 4.59. The zero-order chi connectivity index (χ0) is 13.1. The Bertz CT molecular complexity index is 451. The van der Waals surface area contributed by atoms with Crippen molar-refractivity contribution in [1.29, 1.82) is 0 Å². The maximum absolute atomic E-state index is 11.2. The first-order valence-corrected chi connectivity index (χ1v) is 6.48. The van der Waals surface area contributed by atoms with Gasteiger partial charge in [-0.05, 0) is 42.6 Å². The zero-order valence-corrected chi connectivity index (χ0v) is 11.5. The molecule has 0 aromatic heterocycles. The van der Waals surface area contributed by atoms with Gasteiger partial charge in [0, 0.05) is 16.6 Å². The number of ether oxygens (including phenoxy) is 1. The van der Waals surface area contributed by atoms with Gasteiger partial charge in [-0.2, -0.15) is 0 Å². The van der Waals surface area contributed by atoms with Gasteiger partial charge in [0.1, 0.15) is 0 Å². The third-order valence-corrected chi connectivity index (χ3v) is 3.73. The largest absolute Gasteiger partial charge is 0.453 e. The molecule has 1 fully saturated rings. The summed E-state index contributed by atoms with van der Waals surface area (Å²) in [7, 11) is 1.35. The van der Waals surface area contributed by atoms with Gasteiger partial charge < -0.3 is 10.1 Å². The number of nitrogens with one attached hydrogen (secondary N) is 2. The number of methoxy groups -OCH3 is 1. The SMILES string of the molecule is COC(=O)Nc1ccc(S)c([C@@H]2NCC[C@@H]2C)c1. The van der Waals surface area contributed by atoms with E-state index in [0.717, 1.165) is 29.1 Å². The van der Waals surface area contributed by atoms with Gasteiger partial charge in [0.25, 0.3) is 0 Å². The van der Waals surface area contributed by atoms with Crippen LogP contribution >= 0.6 is 12.6 Å². The van der Waals surface area contributed by atoms with Gasteiger partial charge in [-0.25, -0.2) is 4.79 Å². The molecule has 1 aromatic carbocycles. The van der Waals surface area contributed by atoms with Crippen molar-refractivity contribution >= 4 is 24.4 Å². The van der Waals surface area contributed by atoms with Gasteiger partial charge in [-0.1, -0.05) is 6.92 Å². The second kappa shape index (κ2) is 5.63. The Balaban J connectivity index is 2.23. The number of anilines is 1. The van der Waals surface area contributed by atoms with Crippen LogP contribution in [0.4, 0.5) is 10.5 Å². The fraction of sp³-hybridized carbons (Fsp3) is 0.462. The molecule has 1 amide bonds. The molecule has 0 aliphatic carbocycles. The number of amides is 1. The van der Waals surface area contributed by atoms with Crippen molar-refractivity contribution < 1.29 is 9.53 Å². The summed E-state index contributed by atoms with van der Waals surface area (Å²) in [6, 6.07) is 5.98. The van der Waals surface area contributed by atoms with Crippen LogP contribution in [0.25, 0.3) is 0 Å². The normalized spacial score (nSPS) is 22.8. The zero-order valence-electron chi connectivity index (χ0n) is 10.6. The summed E-state index contributed by atoms with van der Waals surface area (Å²) in [4.78, 5) is 12.1. The highest BCUT2D eigenvalue weighted by molar-refractivity contribution is 7.80. The summed E-state index contributed by atoms with van der Waals surface area (Å²) in [5.41, 5.74) is 1.85. The van der Waals surface area contributed by atoms with E-state index in [4.69, 9.17) is 0 Å². The van der Waals surface area contributed by atoms with Crippen LogP contribution in [0.2, 0.25) is 0 Å². The fourth-order valence-electron chi connectivity index (χ4n) is 2.30. The molecule has 2 N–H and O–H groups in total. The minimum atomic E-state index is -0.458. The number of carbonyl (C=O) groups excluding carboxylic acids is 1. The monoisotopic (exact) mass is 266 g/mol. The lowest BCUT2D eigenvalue weighted by Crippen LogP contribution is -2.18. The Labute approximate surface area is 113 Å². The van der Waals surface area contributed by atoms with Crippen molar-refractivity contribution in [1.82, 2.24) is 5.32 Å². The summed E-state index contributed by atoms with van der Waals surface area (Å²) in [5, 5.41) is 6.14. The van der Waals surface area contributed by atoms with Gasteiger partial charge >= 0.3 is 6.09 Å². The van der Waals surface area contributed by atoms with E-state index in [2.05, 4.69) is 34.9 Å². The maximum Gasteiger partial charge on any atom is 0.411 e. The first-order chi connectivity index (χ1) is 8.61. The highest BCUT2D eigenvalue weighted by atomic mass is 32.1. The fourth-order valence-corrected chi connectivity index (χ4v) is 2.58. The van der Waals surface area contributed by atoms with E-state index < -0.39 is 6.09 Å². The second-order valence-corrected chi connectivity index (χ2v) is 5.07. The molecular formula is C13H18N2O2S. The molecule has 18 heavy (non-hydrogen) atoms. The molecule has 5 heteroatoms. The number of benzene rings is 1. The molecule has 0 radical (unpaired) electrons. The summed E-state index contributed by atoms with van der Waals surface area (Å²) in [5.74, 6) is 0.573. The van der Waals surface area contributed by atoms with E-state index in [1.54, 1.807) is 0 Å². The molecule has 1 aliphatic heterocycles. The predicted octanol–water partition coefficient (Wildman–Crippen LogP) is 2.82. The highest BCUT2D eigenvalue weighted by Crippen LogP contribution is 2.34. The van der Waals surface area contributed by atoms with Gasteiger partial charge in [0.15, 0.2) is 0 Å². The molecule has 2 atom stereocenters. The number of rotatable bonds is 2. The topological polar surface area (TPSA) is 50.4 Å². The van der Waals surface area contributed by atoms with Gasteiger partial charge in [-0.15, -0.1) is 12.6 Å². The molecule has 98 valence electrons. The summed E-state index contributed by atoms with van der Waals surface area (Å²) >= 11 is 4.49. The van der Waals surface area contributed by atoms with Crippen molar-refractivity contribution in [3.63, 3.8) is 0 Å². The molecule has 1 aliphatic rings. The van der Waals surface area contributed by atoms with Crippen LogP contribution in [0.5, 0.6) is 0 Å². The van der Waals surface area contributed by atoms with Crippen LogP contribution in [0.3, 0.4) is 0 Å². The average molecular weight is 266 g/mol. The minimum Gasteiger partial charge on any atom is -0.453 e. The van der Waals surface area contributed by atoms with Crippen LogP contribution in [-0.4, -0.2) is 19.7 Å². The lowest BCUT2D eigenvalue weighted by molar-refractivity contribution is 0.187. The average Bonchev–Trinajstić information content (AvgIpc) is 2.77. The first-order valence-electron chi connectivity index (χ1n) is 6.03. The third kappa shape index (κ3) is 2.79. The van der Waals surface area contributed by atoms with Crippen LogP contribution in [0, 0.1) is 5.92 Å². The molecule has 2 rings (SSSR count). The molecule has 1 saturated heterocycles. The van der Waals surface area contributed by atoms with Gasteiger partial charge in [-0.3, -0.25) is 5.32 Å². The summed E-state index contributed by atoms with van der Waals surface area (Å²) in [6.45, 7) is 3.24. The molecule has 4 nitrogen and oxygen atoms in total. The van der Waals surface area contributed by atoms with Crippen molar-refractivity contribution in [3.05, 3.63) is 23.8 Å². The van der Waals surface area contributed by atoms with Crippen LogP contribution in [0.15, 0.2) is 23.1 Å². The standard InChI is InChI=1S/C13H18N2O2S/c1-8-5-6-14-12(8)10-7-9(3-4-11(10)18)15-13(16)17-2/h3-4,7-8,12,14,18H,5-6H2,1-2H3,(H,15,16)/t8-,12+/m0/s1. The number of hydrogen-bond acceptors (Lipinski definition) is 4. The maximum atomic E-state index is 11.2. The van der Waals surface area contributed by atoms with Crippen LogP contribution in [0.1, 0.15) is 24.9 Å². The Morgan fingerprint density at radius 2 is 2.33 bits per heavy atom. The Morgan fingerprint density at radius 3 is 2.94 bits per heavy atom. The van der Waals surface area contributed by atoms with Gasteiger partial charge in [0.2, 0.25) is 0 Å². The molecule has 0 saturated carbocycles. The van der Waals surface area contributed by atoms with Crippen molar-refractivity contribution in [3.8, 4) is 0 Å². The van der Waals surface area contributed by atoms with E-state index in [1.807, 2.05) is 18.2 Å². The van der Waals surface area contributed by atoms with Crippen LogP contribution in [-0.2, 0) is 4.74 Å². The van der Waals surface area contributed by atoms with Crippen molar-refractivity contribution in [2.45, 2.75) is 24.3 Å². The first kappa shape index (κ1) is 13.2. The van der Waals surface area contributed by atoms with E-state index in [1.165, 1.54) is 7.11 Å². The van der Waals surface area contributed by atoms with Crippen LogP contribution < -0.4 is 10.6 Å². The number of carbonyl (C=O) groups is 1.